The maximum Gasteiger partial charge on any atom is 0.175 e. The Hall–Kier alpha value is -2.08. The van der Waals surface area contributed by atoms with Crippen LogP contribution >= 0.6 is 6.70 Å². The molecule has 0 N–H and O–H groups in total. The second kappa shape index (κ2) is 8.08. The summed E-state index contributed by atoms with van der Waals surface area (Å²) < 4.78 is 0. The van der Waals surface area contributed by atoms with Crippen molar-refractivity contribution < 1.29 is 0 Å². The van der Waals surface area contributed by atoms with Crippen LogP contribution in [0.2, 0.25) is 0 Å². The molecule has 4 rings (SSSR count). The van der Waals surface area contributed by atoms with Gasteiger partial charge in [0, 0.05) is 12.8 Å². The molecule has 0 aromatic heterocycles. The van der Waals surface area contributed by atoms with E-state index < -0.39 is 0 Å². The first-order valence-corrected chi connectivity index (χ1v) is 11.9. The first kappa shape index (κ1) is 17.3. The van der Waals surface area contributed by atoms with Crippen LogP contribution < -0.4 is 0 Å². The van der Waals surface area contributed by atoms with Crippen molar-refractivity contribution in [3.05, 3.63) is 96.1 Å². The maximum atomic E-state index is 5.79. The molecule has 0 aliphatic carbocycles. The second-order valence-corrected chi connectivity index (χ2v) is 10.2. The normalized spacial score (nSPS) is 11.1. The zero-order chi connectivity index (χ0) is 17.8. The average molecular weight is 373 g/mol. The summed E-state index contributed by atoms with van der Waals surface area (Å²) in [4.78, 5) is 0. The van der Waals surface area contributed by atoms with Gasteiger partial charge in [-0.25, -0.2) is 0 Å². The summed E-state index contributed by atoms with van der Waals surface area (Å²) in [5.41, 5.74) is 2.82. The summed E-state index contributed by atoms with van der Waals surface area (Å²) >= 11 is 5.79. The molecule has 0 spiro atoms. The van der Waals surface area contributed by atoms with Gasteiger partial charge in [0.05, 0.1) is 0 Å². The van der Waals surface area contributed by atoms with E-state index >= 15 is 0 Å². The summed E-state index contributed by atoms with van der Waals surface area (Å²) in [6.45, 7) is -0.331. The van der Waals surface area contributed by atoms with Crippen LogP contribution in [0.3, 0.4) is 0 Å². The van der Waals surface area contributed by atoms with Crippen LogP contribution in [0.5, 0.6) is 0 Å². The van der Waals surface area contributed by atoms with Crippen molar-refractivity contribution in [3.63, 3.8) is 0 Å². The van der Waals surface area contributed by atoms with Crippen LogP contribution in [0.4, 0.5) is 0 Å². The van der Waals surface area contributed by atoms with E-state index in [-0.39, 0.29) is 6.70 Å². The fourth-order valence-corrected chi connectivity index (χ4v) is 5.19. The highest BCUT2D eigenvalue weighted by Crippen LogP contribution is 2.26. The molecule has 26 heavy (non-hydrogen) atoms. The van der Waals surface area contributed by atoms with Crippen molar-refractivity contribution in [3.8, 4) is 0 Å². The molecule has 0 heterocycles. The number of rotatable bonds is 6. The number of aryl methyl sites for hydroxylation is 2. The molecule has 4 aromatic rings. The molecule has 0 saturated carbocycles. The smallest absolute Gasteiger partial charge is 0.0616 e. The van der Waals surface area contributed by atoms with E-state index in [0.717, 1.165) is 25.2 Å². The summed E-state index contributed by atoms with van der Waals surface area (Å²) in [7, 11) is 0. The van der Waals surface area contributed by atoms with E-state index in [1.165, 1.54) is 32.7 Å². The van der Waals surface area contributed by atoms with Crippen LogP contribution in [-0.2, 0) is 24.6 Å². The zero-order valence-electron chi connectivity index (χ0n) is 14.8. The molecule has 0 bridgehead atoms. The minimum absolute atomic E-state index is 0.331. The van der Waals surface area contributed by atoms with Crippen molar-refractivity contribution in [2.45, 2.75) is 12.8 Å². The molecule has 0 aliphatic heterocycles. The Morgan fingerprint density at radius 1 is 0.538 bits per heavy atom. The van der Waals surface area contributed by atoms with Crippen molar-refractivity contribution in [1.29, 1.82) is 0 Å². The minimum Gasteiger partial charge on any atom is -0.0616 e. The lowest BCUT2D eigenvalue weighted by Gasteiger charge is -2.03. The summed E-state index contributed by atoms with van der Waals surface area (Å²) in [5, 5.41) is 5.28. The van der Waals surface area contributed by atoms with E-state index in [1.807, 2.05) is 0 Å². The van der Waals surface area contributed by atoms with E-state index in [1.54, 1.807) is 0 Å². The largest absolute Gasteiger partial charge is 0.175 e. The van der Waals surface area contributed by atoms with Crippen molar-refractivity contribution >= 4 is 40.0 Å². The van der Waals surface area contributed by atoms with Gasteiger partial charge in [-0.15, -0.1) is 0 Å². The molecule has 0 atom stereocenters. The second-order valence-electron chi connectivity index (χ2n) is 6.79. The Kier molecular flexibility index (Phi) is 5.39. The summed E-state index contributed by atoms with van der Waals surface area (Å²) in [5.74, 6) is 0. The molecule has 0 amide bonds. The molecule has 2 heteroatoms. The van der Waals surface area contributed by atoms with E-state index in [4.69, 9.17) is 11.8 Å². The van der Waals surface area contributed by atoms with Gasteiger partial charge in [0.2, 0.25) is 0 Å². The Morgan fingerprint density at radius 3 is 1.42 bits per heavy atom. The fourth-order valence-electron chi connectivity index (χ4n) is 3.41. The van der Waals surface area contributed by atoms with Gasteiger partial charge in [0.1, 0.15) is 12.3 Å². The SMILES string of the molecule is S=[P+](CCc1ccc2ccccc2c1)CCc1ccc2ccccc2c1. The summed E-state index contributed by atoms with van der Waals surface area (Å²) in [6.07, 6.45) is 4.46. The molecule has 4 aromatic carbocycles. The third-order valence-corrected chi connectivity index (χ3v) is 7.47. The van der Waals surface area contributed by atoms with Gasteiger partial charge >= 0.3 is 0 Å². The molecule has 0 aliphatic rings. The molecule has 128 valence electrons. The molecular formula is C24H22PS+. The first-order valence-electron chi connectivity index (χ1n) is 9.15. The van der Waals surface area contributed by atoms with Crippen molar-refractivity contribution in [2.24, 2.45) is 0 Å². The minimum atomic E-state index is -0.331. The number of hydrogen-bond acceptors (Lipinski definition) is 1. The fraction of sp³-hybridized carbons (Fsp3) is 0.167. The van der Waals surface area contributed by atoms with Gasteiger partial charge in [0.25, 0.3) is 0 Å². The highest BCUT2D eigenvalue weighted by atomic mass is 32.4. The molecule has 0 fully saturated rings. The van der Waals surface area contributed by atoms with Gasteiger partial charge < -0.3 is 0 Å². The van der Waals surface area contributed by atoms with Crippen LogP contribution in [0.15, 0.2) is 84.9 Å². The Labute approximate surface area is 161 Å². The third kappa shape index (κ3) is 4.18. The Balaban J connectivity index is 1.34. The highest BCUT2D eigenvalue weighted by Gasteiger charge is 2.11. The lowest BCUT2D eigenvalue weighted by molar-refractivity contribution is 1.12. The van der Waals surface area contributed by atoms with Gasteiger partial charge in [-0.3, -0.25) is 0 Å². The first-order chi connectivity index (χ1) is 12.8. The van der Waals surface area contributed by atoms with Gasteiger partial charge in [-0.1, -0.05) is 84.9 Å². The Morgan fingerprint density at radius 2 is 0.962 bits per heavy atom. The molecule has 0 unspecified atom stereocenters. The van der Waals surface area contributed by atoms with Crippen molar-refractivity contribution in [2.75, 3.05) is 12.3 Å². The summed E-state index contributed by atoms with van der Waals surface area (Å²) in [6, 6.07) is 30.7. The van der Waals surface area contributed by atoms with E-state index in [0.29, 0.717) is 0 Å². The monoisotopic (exact) mass is 373 g/mol. The number of hydrogen-bond donors (Lipinski definition) is 0. The molecule has 0 saturated heterocycles. The van der Waals surface area contributed by atoms with Crippen LogP contribution in [0.1, 0.15) is 11.1 Å². The quantitative estimate of drug-likeness (QED) is 0.338. The van der Waals surface area contributed by atoms with E-state index in [9.17, 15) is 0 Å². The zero-order valence-corrected chi connectivity index (χ0v) is 16.5. The lowest BCUT2D eigenvalue weighted by Crippen LogP contribution is -1.94. The molecular weight excluding hydrogens is 351 g/mol. The molecule has 0 nitrogen and oxygen atoms in total. The molecule has 0 radical (unpaired) electrons. The average Bonchev–Trinajstić information content (AvgIpc) is 2.70. The van der Waals surface area contributed by atoms with Gasteiger partial charge in [0.15, 0.2) is 18.5 Å². The lowest BCUT2D eigenvalue weighted by atomic mass is 10.1. The van der Waals surface area contributed by atoms with Crippen LogP contribution in [0, 0.1) is 0 Å². The van der Waals surface area contributed by atoms with Gasteiger partial charge in [-0.2, -0.15) is 0 Å². The predicted molar refractivity (Wildman–Crippen MR) is 119 cm³/mol. The van der Waals surface area contributed by atoms with Gasteiger partial charge in [-0.05, 0) is 32.7 Å². The van der Waals surface area contributed by atoms with Crippen LogP contribution in [-0.4, -0.2) is 12.3 Å². The number of fused-ring (bicyclic) bond motifs is 2. The Bertz CT molecular complexity index is 982. The maximum absolute atomic E-state index is 5.79. The topological polar surface area (TPSA) is 0 Å². The predicted octanol–water partition coefficient (Wildman–Crippen LogP) is 6.72. The van der Waals surface area contributed by atoms with Crippen molar-refractivity contribution in [1.82, 2.24) is 0 Å². The standard InChI is InChI=1S/C24H22PS/c26-25(15-13-19-9-11-21-5-1-3-7-23(21)17-19)16-14-20-10-12-22-6-2-4-8-24(22)18-20/h1-12,17-18H,13-16H2/q+1. The van der Waals surface area contributed by atoms with Crippen LogP contribution in [0.25, 0.3) is 21.5 Å². The third-order valence-electron chi connectivity index (χ3n) is 4.93. The van der Waals surface area contributed by atoms with E-state index in [2.05, 4.69) is 84.9 Å². The highest BCUT2D eigenvalue weighted by molar-refractivity contribution is 8.05. The number of benzene rings is 4.